The zero-order valence-corrected chi connectivity index (χ0v) is 8.83. The largest absolute Gasteiger partial charge is 0.508 e. The van der Waals surface area contributed by atoms with E-state index in [1.807, 2.05) is 31.3 Å². The molecule has 0 aliphatic rings. The standard InChI is InChI=1S/C13H15NO/c1-14-7-6-11-9-12(15)8-10-4-2-3-5-13(10)11/h2-5,8-9,14-15H,6-7H2,1H3. The van der Waals surface area contributed by atoms with Gasteiger partial charge in [-0.25, -0.2) is 0 Å². The van der Waals surface area contributed by atoms with Crippen LogP contribution in [0.15, 0.2) is 36.4 Å². The number of fused-ring (bicyclic) bond motifs is 1. The molecule has 2 N–H and O–H groups in total. The van der Waals surface area contributed by atoms with Crippen molar-refractivity contribution in [3.05, 3.63) is 42.0 Å². The second kappa shape index (κ2) is 4.32. The second-order valence-corrected chi connectivity index (χ2v) is 3.68. The summed E-state index contributed by atoms with van der Waals surface area (Å²) in [7, 11) is 1.94. The van der Waals surface area contributed by atoms with E-state index in [4.69, 9.17) is 0 Å². The van der Waals surface area contributed by atoms with Gasteiger partial charge >= 0.3 is 0 Å². The first-order chi connectivity index (χ1) is 7.31. The molecule has 2 rings (SSSR count). The quantitative estimate of drug-likeness (QED) is 0.798. The molecule has 0 aliphatic heterocycles. The van der Waals surface area contributed by atoms with Crippen molar-refractivity contribution in [1.29, 1.82) is 0 Å². The van der Waals surface area contributed by atoms with E-state index in [-0.39, 0.29) is 0 Å². The summed E-state index contributed by atoms with van der Waals surface area (Å²) >= 11 is 0. The third kappa shape index (κ3) is 2.10. The Hall–Kier alpha value is -1.54. The molecule has 0 fully saturated rings. The van der Waals surface area contributed by atoms with E-state index in [1.165, 1.54) is 10.9 Å². The zero-order chi connectivity index (χ0) is 10.7. The third-order valence-electron chi connectivity index (χ3n) is 2.58. The van der Waals surface area contributed by atoms with Crippen LogP contribution in [0, 0.1) is 0 Å². The molecule has 2 aromatic rings. The van der Waals surface area contributed by atoms with E-state index in [2.05, 4.69) is 11.4 Å². The maximum absolute atomic E-state index is 9.59. The van der Waals surface area contributed by atoms with E-state index in [1.54, 1.807) is 6.07 Å². The molecular weight excluding hydrogens is 186 g/mol. The fourth-order valence-electron chi connectivity index (χ4n) is 1.84. The highest BCUT2D eigenvalue weighted by molar-refractivity contribution is 5.87. The smallest absolute Gasteiger partial charge is 0.116 e. The molecule has 0 saturated heterocycles. The van der Waals surface area contributed by atoms with Crippen LogP contribution in [0.1, 0.15) is 5.56 Å². The fraction of sp³-hybridized carbons (Fsp3) is 0.231. The van der Waals surface area contributed by atoms with Crippen molar-refractivity contribution in [3.8, 4) is 5.75 Å². The van der Waals surface area contributed by atoms with Gasteiger partial charge in [0.05, 0.1) is 0 Å². The van der Waals surface area contributed by atoms with E-state index >= 15 is 0 Å². The zero-order valence-electron chi connectivity index (χ0n) is 8.83. The summed E-state index contributed by atoms with van der Waals surface area (Å²) in [6, 6.07) is 11.8. The van der Waals surface area contributed by atoms with Crippen LogP contribution in [0.5, 0.6) is 5.75 Å². The monoisotopic (exact) mass is 201 g/mol. The van der Waals surface area contributed by atoms with Crippen LogP contribution in [0.2, 0.25) is 0 Å². The van der Waals surface area contributed by atoms with Crippen LogP contribution < -0.4 is 5.32 Å². The van der Waals surface area contributed by atoms with Gasteiger partial charge in [-0.2, -0.15) is 0 Å². The fourth-order valence-corrected chi connectivity index (χ4v) is 1.84. The first-order valence-corrected chi connectivity index (χ1v) is 5.16. The van der Waals surface area contributed by atoms with Crippen LogP contribution in [0.25, 0.3) is 10.8 Å². The van der Waals surface area contributed by atoms with Gasteiger partial charge in [0.2, 0.25) is 0 Å². The van der Waals surface area contributed by atoms with Gasteiger partial charge in [-0.1, -0.05) is 24.3 Å². The summed E-state index contributed by atoms with van der Waals surface area (Å²) in [4.78, 5) is 0. The molecule has 2 heteroatoms. The van der Waals surface area contributed by atoms with Crippen LogP contribution >= 0.6 is 0 Å². The van der Waals surface area contributed by atoms with Gasteiger partial charge in [-0.15, -0.1) is 0 Å². The van der Waals surface area contributed by atoms with Gasteiger partial charge in [-0.3, -0.25) is 0 Å². The third-order valence-corrected chi connectivity index (χ3v) is 2.58. The lowest BCUT2D eigenvalue weighted by Gasteiger charge is -2.07. The first-order valence-electron chi connectivity index (χ1n) is 5.16. The number of benzene rings is 2. The van der Waals surface area contributed by atoms with Crippen molar-refractivity contribution in [1.82, 2.24) is 5.32 Å². The Morgan fingerprint density at radius 1 is 1.20 bits per heavy atom. The SMILES string of the molecule is CNCCc1cc(O)cc2ccccc12. The number of hydrogen-bond acceptors (Lipinski definition) is 2. The van der Waals surface area contributed by atoms with Gasteiger partial charge in [-0.05, 0) is 48.5 Å². The molecule has 0 spiro atoms. The highest BCUT2D eigenvalue weighted by Crippen LogP contribution is 2.24. The van der Waals surface area contributed by atoms with Crippen molar-refractivity contribution < 1.29 is 5.11 Å². The number of nitrogens with one attached hydrogen (secondary N) is 1. The van der Waals surface area contributed by atoms with Crippen molar-refractivity contribution in [3.63, 3.8) is 0 Å². The second-order valence-electron chi connectivity index (χ2n) is 3.68. The average molecular weight is 201 g/mol. The van der Waals surface area contributed by atoms with Gasteiger partial charge < -0.3 is 10.4 Å². The Kier molecular flexibility index (Phi) is 2.88. The van der Waals surface area contributed by atoms with E-state index < -0.39 is 0 Å². The molecule has 0 aliphatic carbocycles. The number of phenols is 1. The predicted octanol–water partition coefficient (Wildman–Crippen LogP) is 2.31. The Balaban J connectivity index is 2.50. The normalized spacial score (nSPS) is 10.7. The summed E-state index contributed by atoms with van der Waals surface area (Å²) in [6.07, 6.45) is 0.936. The van der Waals surface area contributed by atoms with Gasteiger partial charge in [0.1, 0.15) is 5.75 Å². The summed E-state index contributed by atoms with van der Waals surface area (Å²) in [5, 5.41) is 15.0. The molecule has 2 nitrogen and oxygen atoms in total. The number of rotatable bonds is 3. The summed E-state index contributed by atoms with van der Waals surface area (Å²) < 4.78 is 0. The van der Waals surface area contributed by atoms with Gasteiger partial charge in [0, 0.05) is 0 Å². The first kappa shape index (κ1) is 9.99. The molecule has 78 valence electrons. The lowest BCUT2D eigenvalue weighted by Crippen LogP contribution is -2.10. The summed E-state index contributed by atoms with van der Waals surface area (Å²) in [5.74, 6) is 0.347. The highest BCUT2D eigenvalue weighted by Gasteiger charge is 2.02. The Bertz CT molecular complexity index is 465. The Morgan fingerprint density at radius 3 is 2.80 bits per heavy atom. The minimum atomic E-state index is 0.347. The number of hydrogen-bond donors (Lipinski definition) is 2. The Labute approximate surface area is 89.6 Å². The average Bonchev–Trinajstić information content (AvgIpc) is 2.25. The van der Waals surface area contributed by atoms with E-state index in [0.717, 1.165) is 18.4 Å². The minimum absolute atomic E-state index is 0.347. The lowest BCUT2D eigenvalue weighted by molar-refractivity contribution is 0.475. The molecule has 0 bridgehead atoms. The minimum Gasteiger partial charge on any atom is -0.508 e. The molecule has 0 saturated carbocycles. The molecule has 0 atom stereocenters. The molecule has 2 aromatic carbocycles. The van der Waals surface area contributed by atoms with Crippen molar-refractivity contribution in [2.24, 2.45) is 0 Å². The van der Waals surface area contributed by atoms with Crippen LogP contribution in [0.4, 0.5) is 0 Å². The van der Waals surface area contributed by atoms with Crippen LogP contribution in [0.3, 0.4) is 0 Å². The van der Waals surface area contributed by atoms with Crippen molar-refractivity contribution in [2.75, 3.05) is 13.6 Å². The molecule has 0 radical (unpaired) electrons. The molecule has 0 aromatic heterocycles. The maximum atomic E-state index is 9.59. The van der Waals surface area contributed by atoms with Crippen LogP contribution in [-0.4, -0.2) is 18.7 Å². The molecule has 15 heavy (non-hydrogen) atoms. The molecule has 0 heterocycles. The Morgan fingerprint density at radius 2 is 2.00 bits per heavy atom. The molecular formula is C13H15NO. The van der Waals surface area contributed by atoms with E-state index in [9.17, 15) is 5.11 Å². The lowest BCUT2D eigenvalue weighted by atomic mass is 10.0. The maximum Gasteiger partial charge on any atom is 0.116 e. The van der Waals surface area contributed by atoms with Crippen LogP contribution in [-0.2, 0) is 6.42 Å². The van der Waals surface area contributed by atoms with Gasteiger partial charge in [0.15, 0.2) is 0 Å². The van der Waals surface area contributed by atoms with E-state index in [0.29, 0.717) is 5.75 Å². The number of likely N-dealkylation sites (N-methyl/N-ethyl adjacent to an activating group) is 1. The summed E-state index contributed by atoms with van der Waals surface area (Å²) in [5.41, 5.74) is 1.19. The summed E-state index contributed by atoms with van der Waals surface area (Å²) in [6.45, 7) is 0.924. The topological polar surface area (TPSA) is 32.3 Å². The highest BCUT2D eigenvalue weighted by atomic mass is 16.3. The predicted molar refractivity (Wildman–Crippen MR) is 63.2 cm³/mol. The van der Waals surface area contributed by atoms with Gasteiger partial charge in [0.25, 0.3) is 0 Å². The number of phenolic OH excluding ortho intramolecular Hbond substituents is 1. The molecule has 0 amide bonds. The van der Waals surface area contributed by atoms with Crippen molar-refractivity contribution in [2.45, 2.75) is 6.42 Å². The molecule has 0 unspecified atom stereocenters. The number of aromatic hydroxyl groups is 1. The van der Waals surface area contributed by atoms with Crippen molar-refractivity contribution >= 4 is 10.8 Å².